The van der Waals surface area contributed by atoms with E-state index in [2.05, 4.69) is 0 Å². The molecule has 0 aliphatic heterocycles. The standard InChI is InChI=1S/C24H18O7/c1-31-21-13-18(10-11-19(21)24(29)30)20(15-6-8-17(9-7-15)23(27)28)12-14-2-4-16(5-3-14)22(25)26/h2-13H,1H3,(H,25,26)(H,27,28)(H,29,30)/b20-12+. The Morgan fingerprint density at radius 3 is 1.65 bits per heavy atom. The second-order valence-electron chi connectivity index (χ2n) is 6.59. The Morgan fingerprint density at radius 1 is 0.677 bits per heavy atom. The summed E-state index contributed by atoms with van der Waals surface area (Å²) in [7, 11) is 1.38. The summed E-state index contributed by atoms with van der Waals surface area (Å²) in [6.07, 6.45) is 1.80. The van der Waals surface area contributed by atoms with E-state index in [-0.39, 0.29) is 22.4 Å². The molecule has 0 radical (unpaired) electrons. The Labute approximate surface area is 177 Å². The van der Waals surface area contributed by atoms with Gasteiger partial charge >= 0.3 is 17.9 Å². The van der Waals surface area contributed by atoms with Gasteiger partial charge in [0.25, 0.3) is 0 Å². The molecule has 3 aromatic rings. The van der Waals surface area contributed by atoms with Gasteiger partial charge in [-0.1, -0.05) is 30.3 Å². The molecule has 0 saturated heterocycles. The van der Waals surface area contributed by atoms with Gasteiger partial charge in [-0.15, -0.1) is 0 Å². The lowest BCUT2D eigenvalue weighted by atomic mass is 9.93. The first kappa shape index (κ1) is 21.3. The molecule has 0 spiro atoms. The van der Waals surface area contributed by atoms with Crippen molar-refractivity contribution < 1.29 is 34.4 Å². The average Bonchev–Trinajstić information content (AvgIpc) is 2.77. The van der Waals surface area contributed by atoms with Crippen molar-refractivity contribution in [2.75, 3.05) is 7.11 Å². The van der Waals surface area contributed by atoms with E-state index in [1.807, 2.05) is 0 Å². The van der Waals surface area contributed by atoms with Crippen molar-refractivity contribution in [1.82, 2.24) is 0 Å². The molecule has 0 fully saturated rings. The summed E-state index contributed by atoms with van der Waals surface area (Å²) in [6.45, 7) is 0. The van der Waals surface area contributed by atoms with Gasteiger partial charge in [-0.2, -0.15) is 0 Å². The minimum atomic E-state index is -1.12. The minimum absolute atomic E-state index is 0.0117. The lowest BCUT2D eigenvalue weighted by Gasteiger charge is -2.13. The Balaban J connectivity index is 2.15. The van der Waals surface area contributed by atoms with E-state index >= 15 is 0 Å². The van der Waals surface area contributed by atoms with Crippen LogP contribution < -0.4 is 4.74 Å². The second-order valence-corrected chi connectivity index (χ2v) is 6.59. The fourth-order valence-corrected chi connectivity index (χ4v) is 3.05. The van der Waals surface area contributed by atoms with Gasteiger partial charge in [0, 0.05) is 0 Å². The molecule has 0 bridgehead atoms. The van der Waals surface area contributed by atoms with Crippen LogP contribution >= 0.6 is 0 Å². The van der Waals surface area contributed by atoms with Crippen molar-refractivity contribution in [3.05, 3.63) is 100 Å². The molecule has 3 aromatic carbocycles. The van der Waals surface area contributed by atoms with Crippen LogP contribution in [0.4, 0.5) is 0 Å². The molecule has 0 aliphatic carbocycles. The number of hydrogen-bond acceptors (Lipinski definition) is 4. The van der Waals surface area contributed by atoms with Crippen molar-refractivity contribution in [2.24, 2.45) is 0 Å². The van der Waals surface area contributed by atoms with Gasteiger partial charge in [0.15, 0.2) is 0 Å². The quantitative estimate of drug-likeness (QED) is 0.487. The minimum Gasteiger partial charge on any atom is -0.496 e. The molecule has 31 heavy (non-hydrogen) atoms. The summed E-state index contributed by atoms with van der Waals surface area (Å²) in [4.78, 5) is 33.7. The highest BCUT2D eigenvalue weighted by atomic mass is 16.5. The largest absolute Gasteiger partial charge is 0.496 e. The van der Waals surface area contributed by atoms with E-state index in [1.54, 1.807) is 42.5 Å². The van der Waals surface area contributed by atoms with Gasteiger partial charge in [-0.3, -0.25) is 0 Å². The zero-order valence-corrected chi connectivity index (χ0v) is 16.4. The summed E-state index contributed by atoms with van der Waals surface area (Å²) < 4.78 is 5.23. The molecule has 7 heteroatoms. The number of carboxylic acid groups (broad SMARTS) is 3. The molecule has 156 valence electrons. The van der Waals surface area contributed by atoms with Crippen molar-refractivity contribution in [2.45, 2.75) is 0 Å². The fourth-order valence-electron chi connectivity index (χ4n) is 3.05. The number of aromatic carboxylic acids is 3. The molecule has 0 amide bonds. The van der Waals surface area contributed by atoms with Crippen molar-refractivity contribution in [3.8, 4) is 5.75 Å². The summed E-state index contributed by atoms with van der Waals surface area (Å²) in [6, 6.07) is 17.2. The highest BCUT2D eigenvalue weighted by Gasteiger charge is 2.15. The number of rotatable bonds is 7. The summed E-state index contributed by atoms with van der Waals surface area (Å²) >= 11 is 0. The van der Waals surface area contributed by atoms with E-state index in [0.29, 0.717) is 22.3 Å². The predicted molar refractivity (Wildman–Crippen MR) is 114 cm³/mol. The van der Waals surface area contributed by atoms with E-state index in [1.165, 1.54) is 37.4 Å². The smallest absolute Gasteiger partial charge is 0.339 e. The van der Waals surface area contributed by atoms with Crippen LogP contribution in [0.5, 0.6) is 5.75 Å². The second kappa shape index (κ2) is 8.96. The maximum absolute atomic E-state index is 11.4. The first-order chi connectivity index (χ1) is 14.8. The Morgan fingerprint density at radius 2 is 1.16 bits per heavy atom. The van der Waals surface area contributed by atoms with E-state index in [9.17, 15) is 19.5 Å². The Kier molecular flexibility index (Phi) is 6.16. The molecular formula is C24H18O7. The van der Waals surface area contributed by atoms with E-state index in [0.717, 1.165) is 0 Å². The lowest BCUT2D eigenvalue weighted by molar-refractivity contribution is 0.0683. The van der Waals surface area contributed by atoms with Gasteiger partial charge in [0.05, 0.1) is 18.2 Å². The number of hydrogen-bond donors (Lipinski definition) is 3. The molecule has 3 rings (SSSR count). The molecule has 0 aromatic heterocycles. The Hall–Kier alpha value is -4.39. The average molecular weight is 418 g/mol. The van der Waals surface area contributed by atoms with Gasteiger partial charge in [-0.25, -0.2) is 14.4 Å². The number of carboxylic acids is 3. The number of carbonyl (C=O) groups is 3. The Bertz CT molecular complexity index is 1170. The van der Waals surface area contributed by atoms with E-state index < -0.39 is 17.9 Å². The molecule has 0 heterocycles. The number of methoxy groups -OCH3 is 1. The monoisotopic (exact) mass is 418 g/mol. The maximum Gasteiger partial charge on any atom is 0.339 e. The van der Waals surface area contributed by atoms with Crippen LogP contribution in [0.1, 0.15) is 47.8 Å². The third-order valence-corrected chi connectivity index (χ3v) is 4.65. The zero-order valence-electron chi connectivity index (χ0n) is 16.4. The van der Waals surface area contributed by atoms with Gasteiger partial charge < -0.3 is 20.1 Å². The molecule has 3 N–H and O–H groups in total. The van der Waals surface area contributed by atoms with Crippen LogP contribution in [0.3, 0.4) is 0 Å². The van der Waals surface area contributed by atoms with Gasteiger partial charge in [-0.05, 0) is 64.7 Å². The van der Waals surface area contributed by atoms with Crippen LogP contribution in [-0.2, 0) is 0 Å². The first-order valence-electron chi connectivity index (χ1n) is 9.10. The lowest BCUT2D eigenvalue weighted by Crippen LogP contribution is -2.02. The highest BCUT2D eigenvalue weighted by Crippen LogP contribution is 2.31. The topological polar surface area (TPSA) is 121 Å². The summed E-state index contributed by atoms with van der Waals surface area (Å²) in [5.41, 5.74) is 3.02. The van der Waals surface area contributed by atoms with Gasteiger partial charge in [0.2, 0.25) is 0 Å². The van der Waals surface area contributed by atoms with E-state index in [4.69, 9.17) is 14.9 Å². The zero-order chi connectivity index (χ0) is 22.5. The summed E-state index contributed by atoms with van der Waals surface area (Å²) in [5.74, 6) is -3.02. The fraction of sp³-hybridized carbons (Fsp3) is 0.0417. The first-order valence-corrected chi connectivity index (χ1v) is 9.10. The van der Waals surface area contributed by atoms with Crippen molar-refractivity contribution in [1.29, 1.82) is 0 Å². The van der Waals surface area contributed by atoms with Crippen LogP contribution in [-0.4, -0.2) is 40.3 Å². The van der Waals surface area contributed by atoms with Crippen LogP contribution in [0, 0.1) is 0 Å². The molecular weight excluding hydrogens is 400 g/mol. The predicted octanol–water partition coefficient (Wildman–Crippen LogP) is 4.38. The third-order valence-electron chi connectivity index (χ3n) is 4.65. The summed E-state index contributed by atoms with van der Waals surface area (Å²) in [5, 5.41) is 27.6. The third kappa shape index (κ3) is 4.79. The highest BCUT2D eigenvalue weighted by molar-refractivity contribution is 5.96. The SMILES string of the molecule is COc1cc(/C(=C/c2ccc(C(=O)O)cc2)c2ccc(C(=O)O)cc2)ccc1C(=O)O. The molecule has 0 saturated carbocycles. The molecule has 0 atom stereocenters. The normalized spacial score (nSPS) is 11.1. The molecule has 0 unspecified atom stereocenters. The maximum atomic E-state index is 11.4. The molecule has 0 aliphatic rings. The number of benzene rings is 3. The van der Waals surface area contributed by atoms with Crippen LogP contribution in [0.2, 0.25) is 0 Å². The van der Waals surface area contributed by atoms with Crippen LogP contribution in [0.25, 0.3) is 11.6 Å². The van der Waals surface area contributed by atoms with Gasteiger partial charge in [0.1, 0.15) is 11.3 Å². The van der Waals surface area contributed by atoms with Crippen molar-refractivity contribution >= 4 is 29.6 Å². The molecule has 7 nitrogen and oxygen atoms in total. The number of ether oxygens (including phenoxy) is 1. The van der Waals surface area contributed by atoms with Crippen molar-refractivity contribution in [3.63, 3.8) is 0 Å². The van der Waals surface area contributed by atoms with Crippen LogP contribution in [0.15, 0.2) is 66.7 Å².